The Morgan fingerprint density at radius 2 is 1.75 bits per heavy atom. The second-order valence-electron chi connectivity index (χ2n) is 5.72. The molecular formula is C20H19FN2O4S. The van der Waals surface area contributed by atoms with Crippen molar-refractivity contribution in [1.82, 2.24) is 10.6 Å². The van der Waals surface area contributed by atoms with Crippen molar-refractivity contribution < 1.29 is 23.9 Å². The summed E-state index contributed by atoms with van der Waals surface area (Å²) < 4.78 is 14.0. The van der Waals surface area contributed by atoms with Crippen molar-refractivity contribution in [2.75, 3.05) is 12.0 Å². The van der Waals surface area contributed by atoms with Crippen LogP contribution in [-0.2, 0) is 9.59 Å². The van der Waals surface area contributed by atoms with Gasteiger partial charge in [0.05, 0.1) is 0 Å². The van der Waals surface area contributed by atoms with Crippen LogP contribution in [0.2, 0.25) is 0 Å². The van der Waals surface area contributed by atoms with Crippen molar-refractivity contribution in [2.45, 2.75) is 6.04 Å². The predicted octanol–water partition coefficient (Wildman–Crippen LogP) is 2.53. The average Bonchev–Trinajstić information content (AvgIpc) is 2.69. The molecule has 6 nitrogen and oxygen atoms in total. The molecule has 146 valence electrons. The Labute approximate surface area is 165 Å². The van der Waals surface area contributed by atoms with Crippen LogP contribution in [0.4, 0.5) is 4.39 Å². The van der Waals surface area contributed by atoms with Gasteiger partial charge in [-0.05, 0) is 30.5 Å². The van der Waals surface area contributed by atoms with E-state index in [-0.39, 0.29) is 17.0 Å². The summed E-state index contributed by atoms with van der Waals surface area (Å²) in [4.78, 5) is 36.4. The van der Waals surface area contributed by atoms with Gasteiger partial charge in [0.2, 0.25) is 0 Å². The standard InChI is InChI=1S/C20H19FN2O4S/c1-28-12-17(20(26)27)23-19(25)16(11-14-9-5-6-10-15(14)21)22-18(24)13-7-3-2-4-8-13/h2-11,17H,12H2,1H3,(H,22,24)(H,23,25)(H,26,27)/b16-11-/t17-/m0/s1. The monoisotopic (exact) mass is 402 g/mol. The molecule has 1 atom stereocenters. The number of hydrogen-bond donors (Lipinski definition) is 3. The summed E-state index contributed by atoms with van der Waals surface area (Å²) in [6.45, 7) is 0. The number of amides is 2. The molecule has 0 saturated heterocycles. The lowest BCUT2D eigenvalue weighted by Crippen LogP contribution is -2.45. The van der Waals surface area contributed by atoms with Crippen molar-refractivity contribution >= 4 is 35.6 Å². The molecule has 3 N–H and O–H groups in total. The van der Waals surface area contributed by atoms with Crippen molar-refractivity contribution in [1.29, 1.82) is 0 Å². The smallest absolute Gasteiger partial charge is 0.327 e. The molecule has 0 heterocycles. The number of hydrogen-bond acceptors (Lipinski definition) is 4. The fourth-order valence-corrected chi connectivity index (χ4v) is 2.83. The molecule has 0 aliphatic rings. The number of aliphatic carboxylic acids is 1. The summed E-state index contributed by atoms with van der Waals surface area (Å²) in [7, 11) is 0. The SMILES string of the molecule is CSC[C@H](NC(=O)/C(=C/c1ccccc1F)NC(=O)c1ccccc1)C(=O)O. The average molecular weight is 402 g/mol. The zero-order valence-electron chi connectivity index (χ0n) is 15.0. The van der Waals surface area contributed by atoms with Gasteiger partial charge in [0.1, 0.15) is 17.6 Å². The molecular weight excluding hydrogens is 383 g/mol. The lowest BCUT2D eigenvalue weighted by molar-refractivity contribution is -0.140. The van der Waals surface area contributed by atoms with Crippen molar-refractivity contribution in [3.05, 3.63) is 77.2 Å². The van der Waals surface area contributed by atoms with E-state index >= 15 is 0 Å². The van der Waals surface area contributed by atoms with E-state index in [1.165, 1.54) is 36.0 Å². The fourth-order valence-electron chi connectivity index (χ4n) is 2.27. The zero-order chi connectivity index (χ0) is 20.5. The van der Waals surface area contributed by atoms with Crippen LogP contribution in [0, 0.1) is 5.82 Å². The van der Waals surface area contributed by atoms with Gasteiger partial charge in [-0.15, -0.1) is 0 Å². The largest absolute Gasteiger partial charge is 0.480 e. The van der Waals surface area contributed by atoms with Gasteiger partial charge in [0.25, 0.3) is 11.8 Å². The topological polar surface area (TPSA) is 95.5 Å². The Balaban J connectivity index is 2.33. The highest BCUT2D eigenvalue weighted by atomic mass is 32.2. The lowest BCUT2D eigenvalue weighted by Gasteiger charge is -2.16. The van der Waals surface area contributed by atoms with E-state index in [1.54, 1.807) is 42.7 Å². The second kappa shape index (κ2) is 10.3. The second-order valence-corrected chi connectivity index (χ2v) is 6.63. The first-order valence-corrected chi connectivity index (χ1v) is 9.67. The molecule has 0 unspecified atom stereocenters. The van der Waals surface area contributed by atoms with Gasteiger partial charge < -0.3 is 15.7 Å². The number of thioether (sulfide) groups is 1. The molecule has 2 rings (SSSR count). The van der Waals surface area contributed by atoms with Crippen LogP contribution in [0.1, 0.15) is 15.9 Å². The van der Waals surface area contributed by atoms with Crippen LogP contribution in [-0.4, -0.2) is 40.9 Å². The zero-order valence-corrected chi connectivity index (χ0v) is 15.8. The third kappa shape index (κ3) is 5.95. The summed E-state index contributed by atoms with van der Waals surface area (Å²) in [6, 6.07) is 12.7. The maximum absolute atomic E-state index is 14.0. The number of carbonyl (C=O) groups excluding carboxylic acids is 2. The van der Waals surface area contributed by atoms with E-state index in [0.717, 1.165) is 0 Å². The molecule has 0 fully saturated rings. The fraction of sp³-hybridized carbons (Fsp3) is 0.150. The summed E-state index contributed by atoms with van der Waals surface area (Å²) >= 11 is 1.25. The van der Waals surface area contributed by atoms with Crippen molar-refractivity contribution in [2.24, 2.45) is 0 Å². The van der Waals surface area contributed by atoms with Gasteiger partial charge >= 0.3 is 5.97 Å². The molecule has 2 amide bonds. The third-order valence-electron chi connectivity index (χ3n) is 3.67. The van der Waals surface area contributed by atoms with E-state index in [0.29, 0.717) is 5.56 Å². The van der Waals surface area contributed by atoms with Gasteiger partial charge in [-0.2, -0.15) is 11.8 Å². The Kier molecular flexibility index (Phi) is 7.76. The van der Waals surface area contributed by atoms with Crippen LogP contribution in [0.3, 0.4) is 0 Å². The van der Waals surface area contributed by atoms with Gasteiger partial charge in [-0.1, -0.05) is 36.4 Å². The molecule has 0 aliphatic heterocycles. The van der Waals surface area contributed by atoms with Gasteiger partial charge in [-0.3, -0.25) is 9.59 Å². The molecule has 0 aliphatic carbocycles. The van der Waals surface area contributed by atoms with Crippen molar-refractivity contribution in [3.8, 4) is 0 Å². The maximum Gasteiger partial charge on any atom is 0.327 e. The third-order valence-corrected chi connectivity index (χ3v) is 4.34. The first kappa shape index (κ1) is 21.2. The molecule has 2 aromatic rings. The van der Waals surface area contributed by atoms with Gasteiger partial charge in [0, 0.05) is 16.9 Å². The normalized spacial score (nSPS) is 12.1. The number of benzene rings is 2. The predicted molar refractivity (Wildman–Crippen MR) is 106 cm³/mol. The number of carboxylic acid groups (broad SMARTS) is 1. The number of carboxylic acids is 1. The minimum absolute atomic E-state index is 0.0813. The summed E-state index contributed by atoms with van der Waals surface area (Å²) in [6.07, 6.45) is 2.87. The number of halogens is 1. The van der Waals surface area contributed by atoms with E-state index in [4.69, 9.17) is 0 Å². The molecule has 0 bridgehead atoms. The molecule has 0 radical (unpaired) electrons. The highest BCUT2D eigenvalue weighted by Gasteiger charge is 2.23. The van der Waals surface area contributed by atoms with Crippen LogP contribution in [0.5, 0.6) is 0 Å². The van der Waals surface area contributed by atoms with Crippen LogP contribution in [0.15, 0.2) is 60.3 Å². The summed E-state index contributed by atoms with van der Waals surface area (Å²) in [5.41, 5.74) is 0.123. The molecule has 0 aromatic heterocycles. The maximum atomic E-state index is 14.0. The summed E-state index contributed by atoms with van der Waals surface area (Å²) in [5, 5.41) is 14.0. The van der Waals surface area contributed by atoms with Crippen LogP contribution < -0.4 is 10.6 Å². The first-order valence-electron chi connectivity index (χ1n) is 8.27. The van der Waals surface area contributed by atoms with Gasteiger partial charge in [0.15, 0.2) is 0 Å². The highest BCUT2D eigenvalue weighted by molar-refractivity contribution is 7.98. The number of carbonyl (C=O) groups is 3. The molecule has 8 heteroatoms. The highest BCUT2D eigenvalue weighted by Crippen LogP contribution is 2.12. The Morgan fingerprint density at radius 3 is 2.36 bits per heavy atom. The molecule has 2 aromatic carbocycles. The van der Waals surface area contributed by atoms with Crippen molar-refractivity contribution in [3.63, 3.8) is 0 Å². The van der Waals surface area contributed by atoms with E-state index in [2.05, 4.69) is 10.6 Å². The Morgan fingerprint density at radius 1 is 1.11 bits per heavy atom. The van der Waals surface area contributed by atoms with Gasteiger partial charge in [-0.25, -0.2) is 9.18 Å². The minimum Gasteiger partial charge on any atom is -0.480 e. The number of nitrogens with one attached hydrogen (secondary N) is 2. The Hall–Kier alpha value is -3.13. The van der Waals surface area contributed by atoms with Crippen LogP contribution in [0.25, 0.3) is 6.08 Å². The minimum atomic E-state index is -1.21. The first-order chi connectivity index (χ1) is 13.4. The lowest BCUT2D eigenvalue weighted by atomic mass is 10.1. The Bertz CT molecular complexity index is 887. The van der Waals surface area contributed by atoms with E-state index in [9.17, 15) is 23.9 Å². The molecule has 0 spiro atoms. The summed E-state index contributed by atoms with van der Waals surface area (Å²) in [5.74, 6) is -3.05. The number of rotatable bonds is 8. The van der Waals surface area contributed by atoms with Crippen LogP contribution >= 0.6 is 11.8 Å². The molecule has 28 heavy (non-hydrogen) atoms. The quantitative estimate of drug-likeness (QED) is 0.590. The van der Waals surface area contributed by atoms with E-state index in [1.807, 2.05) is 0 Å². The molecule has 0 saturated carbocycles. The van der Waals surface area contributed by atoms with E-state index < -0.39 is 29.6 Å².